The van der Waals surface area contributed by atoms with Crippen molar-refractivity contribution in [1.82, 2.24) is 0 Å². The van der Waals surface area contributed by atoms with Crippen LogP contribution in [0.4, 0.5) is 0 Å². The molecule has 3 aromatic rings. The number of hydrogen-bond donors (Lipinski definition) is 1. The Morgan fingerprint density at radius 2 is 1.74 bits per heavy atom. The molecule has 3 aromatic carbocycles. The molecular weight excluding hydrogens is 242 g/mol. The Hall–Kier alpha value is -2.93. The number of nitriles is 1. The Morgan fingerprint density at radius 3 is 2.32 bits per heavy atom. The maximum Gasteiger partial charge on any atom is 0.347 e. The fourth-order valence-electron chi connectivity index (χ4n) is 2.45. The van der Waals surface area contributed by atoms with E-state index in [2.05, 4.69) is 0 Å². The van der Waals surface area contributed by atoms with E-state index in [0.29, 0.717) is 10.8 Å². The smallest absolute Gasteiger partial charge is 0.347 e. The fourth-order valence-corrected chi connectivity index (χ4v) is 2.45. The molecule has 0 radical (unpaired) electrons. The summed E-state index contributed by atoms with van der Waals surface area (Å²) in [7, 11) is 0. The molecule has 3 rings (SSSR count). The summed E-state index contributed by atoms with van der Waals surface area (Å²) in [6.45, 7) is 0. The molecule has 0 spiro atoms. The molecule has 0 saturated carbocycles. The number of rotatable bonds is 1. The van der Waals surface area contributed by atoms with Gasteiger partial charge in [-0.25, -0.2) is 4.79 Å². The van der Waals surface area contributed by atoms with Crippen LogP contribution in [0.2, 0.25) is 0 Å². The summed E-state index contributed by atoms with van der Waals surface area (Å²) in [5.74, 6) is -1.38. The lowest BCUT2D eigenvalue weighted by Crippen LogP contribution is -2.25. The van der Waals surface area contributed by atoms with Crippen LogP contribution in [0.5, 0.6) is 0 Å². The molecule has 0 saturated heterocycles. The maximum absolute atomic E-state index is 12.3. The van der Waals surface area contributed by atoms with Crippen LogP contribution in [0.25, 0.3) is 27.1 Å². The van der Waals surface area contributed by atoms with E-state index in [-0.39, 0.29) is 5.22 Å². The minimum Gasteiger partial charge on any atom is -0.477 e. The van der Waals surface area contributed by atoms with E-state index >= 15 is 0 Å². The van der Waals surface area contributed by atoms with Gasteiger partial charge >= 0.3 is 5.97 Å². The van der Waals surface area contributed by atoms with Gasteiger partial charge in [-0.2, -0.15) is 5.26 Å². The second kappa shape index (κ2) is 3.79. The van der Waals surface area contributed by atoms with Crippen molar-refractivity contribution in [1.29, 1.82) is 5.26 Å². The van der Waals surface area contributed by atoms with Crippen molar-refractivity contribution >= 4 is 33.1 Å². The molecule has 19 heavy (non-hydrogen) atoms. The van der Waals surface area contributed by atoms with Gasteiger partial charge in [-0.15, -0.1) is 0 Å². The zero-order chi connectivity index (χ0) is 13.6. The molecule has 0 heterocycles. The Morgan fingerprint density at radius 1 is 1.11 bits per heavy atom. The summed E-state index contributed by atoms with van der Waals surface area (Å²) in [5.41, 5.74) is -0.903. The highest BCUT2D eigenvalue weighted by molar-refractivity contribution is 6.19. The molecule has 0 aliphatic rings. The van der Waals surface area contributed by atoms with E-state index in [1.807, 2.05) is 12.1 Å². The molecule has 0 atom stereocenters. The van der Waals surface area contributed by atoms with Gasteiger partial charge in [0.05, 0.1) is 5.22 Å². The number of carbonyl (C=O) groups is 1. The second-order valence-electron chi connectivity index (χ2n) is 4.21. The van der Waals surface area contributed by atoms with E-state index in [0.717, 1.165) is 10.8 Å². The molecule has 0 aliphatic carbocycles. The van der Waals surface area contributed by atoms with Crippen LogP contribution < -0.4 is 10.6 Å². The summed E-state index contributed by atoms with van der Waals surface area (Å²) in [6, 6.07) is 12.1. The molecular formula is C15H7NO3. The van der Waals surface area contributed by atoms with Gasteiger partial charge in [-0.05, 0) is 10.8 Å². The maximum atomic E-state index is 12.3. The first kappa shape index (κ1) is 11.2. The van der Waals surface area contributed by atoms with Gasteiger partial charge in [0.25, 0.3) is 0 Å². The van der Waals surface area contributed by atoms with Gasteiger partial charge in [-0.1, -0.05) is 36.4 Å². The fraction of sp³-hybridized carbons (Fsp3) is 0. The summed E-state index contributed by atoms with van der Waals surface area (Å²) in [6.07, 6.45) is 0. The number of carboxylic acids is 1. The lowest BCUT2D eigenvalue weighted by atomic mass is 10.1. The first-order valence-electron chi connectivity index (χ1n) is 5.59. The van der Waals surface area contributed by atoms with Crippen molar-refractivity contribution in [2.45, 2.75) is 0 Å². The van der Waals surface area contributed by atoms with Crippen LogP contribution >= 0.6 is 0 Å². The van der Waals surface area contributed by atoms with Crippen molar-refractivity contribution in [3.63, 3.8) is 0 Å². The topological polar surface area (TPSA) is 78.2 Å². The average Bonchev–Trinajstić information content (AvgIpc) is 2.68. The van der Waals surface area contributed by atoms with E-state index in [1.54, 1.807) is 30.3 Å². The van der Waals surface area contributed by atoms with E-state index in [1.165, 1.54) is 0 Å². The lowest BCUT2D eigenvalue weighted by molar-refractivity contribution is -0.130. The molecule has 90 valence electrons. The molecule has 4 heteroatoms. The molecule has 4 nitrogen and oxygen atoms in total. The monoisotopic (exact) mass is 249 g/mol. The summed E-state index contributed by atoms with van der Waals surface area (Å²) in [5, 5.41) is 20.6. The molecule has 0 fully saturated rings. The highest BCUT2D eigenvalue weighted by Crippen LogP contribution is 2.22. The van der Waals surface area contributed by atoms with Crippen molar-refractivity contribution in [3.8, 4) is 6.07 Å². The van der Waals surface area contributed by atoms with Crippen molar-refractivity contribution in [3.05, 3.63) is 51.8 Å². The number of aliphatic carboxylic acids is 1. The van der Waals surface area contributed by atoms with Crippen LogP contribution in [0.3, 0.4) is 0 Å². The number of carboxylic acid groups (broad SMARTS) is 1. The molecule has 0 unspecified atom stereocenters. The van der Waals surface area contributed by atoms with Gasteiger partial charge in [0.15, 0.2) is 5.43 Å². The molecule has 0 aliphatic heterocycles. The Kier molecular flexibility index (Phi) is 2.23. The van der Waals surface area contributed by atoms with Crippen molar-refractivity contribution in [2.24, 2.45) is 0 Å². The van der Waals surface area contributed by atoms with E-state index < -0.39 is 17.0 Å². The summed E-state index contributed by atoms with van der Waals surface area (Å²) < 4.78 is 0. The third-order valence-corrected chi connectivity index (χ3v) is 3.22. The largest absolute Gasteiger partial charge is 0.477 e. The third kappa shape index (κ3) is 1.39. The van der Waals surface area contributed by atoms with Crippen LogP contribution in [-0.4, -0.2) is 11.1 Å². The molecule has 0 amide bonds. The minimum atomic E-state index is -1.38. The van der Waals surface area contributed by atoms with E-state index in [4.69, 9.17) is 10.4 Å². The minimum absolute atomic E-state index is 0.0122. The Bertz CT molecular complexity index is 961. The second-order valence-corrected chi connectivity index (χ2v) is 4.21. The summed E-state index contributed by atoms with van der Waals surface area (Å²) in [4.78, 5) is 23.4. The van der Waals surface area contributed by atoms with Gasteiger partial charge in [0, 0.05) is 10.8 Å². The van der Waals surface area contributed by atoms with Gasteiger partial charge < -0.3 is 5.11 Å². The predicted octanol–water partition coefficient (Wildman–Crippen LogP) is 1.27. The Balaban J connectivity index is 2.78. The molecule has 1 N–H and O–H groups in total. The van der Waals surface area contributed by atoms with Gasteiger partial charge in [0.2, 0.25) is 0 Å². The number of hydrogen-bond acceptors (Lipinski definition) is 3. The zero-order valence-electron chi connectivity index (χ0n) is 9.68. The van der Waals surface area contributed by atoms with Gasteiger partial charge in [0.1, 0.15) is 11.6 Å². The molecule has 0 bridgehead atoms. The van der Waals surface area contributed by atoms with Gasteiger partial charge in [-0.3, -0.25) is 4.79 Å². The SMILES string of the molecule is N#C/C(C(=O)O)=c1/c(=O)c2cccc3cccc1c32. The highest BCUT2D eigenvalue weighted by Gasteiger charge is 2.17. The van der Waals surface area contributed by atoms with Crippen molar-refractivity contribution < 1.29 is 9.90 Å². The molecule has 0 aromatic heterocycles. The highest BCUT2D eigenvalue weighted by atomic mass is 16.4. The first-order valence-corrected chi connectivity index (χ1v) is 5.59. The van der Waals surface area contributed by atoms with Crippen LogP contribution in [0.1, 0.15) is 0 Å². The standard InChI is InChI=1S/C15H7NO3/c16-7-11(15(18)19)13-9-5-1-3-8-4-2-6-10(12(8)9)14(13)17/h1-6H,(H,18,19)/b13-11-. The van der Waals surface area contributed by atoms with E-state index in [9.17, 15) is 9.59 Å². The average molecular weight is 249 g/mol. The number of benzene rings is 2. The predicted molar refractivity (Wildman–Crippen MR) is 70.8 cm³/mol. The quantitative estimate of drug-likeness (QED) is 0.704. The normalized spacial score (nSPS) is 12.6. The third-order valence-electron chi connectivity index (χ3n) is 3.22. The summed E-state index contributed by atoms with van der Waals surface area (Å²) >= 11 is 0. The van der Waals surface area contributed by atoms with Crippen LogP contribution in [0.15, 0.2) is 41.2 Å². The first-order chi connectivity index (χ1) is 9.15. The number of nitrogens with zero attached hydrogens (tertiary/aromatic N) is 1. The zero-order valence-corrected chi connectivity index (χ0v) is 9.68. The van der Waals surface area contributed by atoms with Crippen LogP contribution in [-0.2, 0) is 4.79 Å². The lowest BCUT2D eigenvalue weighted by Gasteiger charge is -1.96. The Labute approximate surface area is 107 Å². The van der Waals surface area contributed by atoms with Crippen molar-refractivity contribution in [2.75, 3.05) is 0 Å². The van der Waals surface area contributed by atoms with Crippen LogP contribution in [0, 0.1) is 11.3 Å².